The molecule has 0 radical (unpaired) electrons. The molecule has 8 heteroatoms. The number of hydrogen-bond donors (Lipinski definition) is 2. The first-order chi connectivity index (χ1) is 8.29. The number of nitrogens with two attached hydrogens (primary N) is 1. The second-order valence-electron chi connectivity index (χ2n) is 4.06. The maximum atomic E-state index is 11.9. The van der Waals surface area contributed by atoms with E-state index in [0.717, 1.165) is 0 Å². The zero-order valence-electron chi connectivity index (χ0n) is 10.7. The van der Waals surface area contributed by atoms with Crippen LogP contribution in [0, 0.1) is 5.92 Å². The van der Waals surface area contributed by atoms with Crippen LogP contribution in [0.1, 0.15) is 26.7 Å². The highest BCUT2D eigenvalue weighted by atomic mass is 32.2. The number of nitrogens with zero attached hydrogens (tertiary/aromatic N) is 2. The fraction of sp³-hybridized carbons (Fsp3) is 0.600. The summed E-state index contributed by atoms with van der Waals surface area (Å²) in [6.45, 7) is 3.79. The first-order valence-electron chi connectivity index (χ1n) is 5.66. The molecule has 1 aromatic heterocycles. The molecule has 0 unspecified atom stereocenters. The van der Waals surface area contributed by atoms with Gasteiger partial charge in [0.25, 0.3) is 0 Å². The van der Waals surface area contributed by atoms with E-state index >= 15 is 0 Å². The van der Waals surface area contributed by atoms with Crippen molar-refractivity contribution in [2.24, 2.45) is 18.1 Å². The van der Waals surface area contributed by atoms with Crippen molar-refractivity contribution in [3.05, 3.63) is 6.20 Å². The average molecular weight is 274 g/mol. The average Bonchev–Trinajstić information content (AvgIpc) is 2.60. The van der Waals surface area contributed by atoms with Gasteiger partial charge in [-0.1, -0.05) is 13.8 Å². The molecule has 0 aliphatic heterocycles. The highest BCUT2D eigenvalue weighted by molar-refractivity contribution is 7.89. The van der Waals surface area contributed by atoms with Crippen LogP contribution in [0.4, 0.5) is 5.82 Å². The highest BCUT2D eigenvalue weighted by Gasteiger charge is 2.22. The fourth-order valence-corrected chi connectivity index (χ4v) is 2.30. The quantitative estimate of drug-likeness (QED) is 0.812. The van der Waals surface area contributed by atoms with Crippen molar-refractivity contribution in [2.75, 3.05) is 5.32 Å². The van der Waals surface area contributed by atoms with Crippen molar-refractivity contribution in [1.29, 1.82) is 0 Å². The Morgan fingerprint density at radius 2 is 2.06 bits per heavy atom. The summed E-state index contributed by atoms with van der Waals surface area (Å²) in [6.07, 6.45) is 2.62. The standard InChI is InChI=1S/C10H18N4O3S/c1-4-7(5-2)10(15)12-9-8(18(11,16)17)6-14(3)13-9/h6-7H,4-5H2,1-3H3,(H2,11,16,17)(H,12,13,15). The first kappa shape index (κ1) is 14.7. The summed E-state index contributed by atoms with van der Waals surface area (Å²) in [5.41, 5.74) is 0. The van der Waals surface area contributed by atoms with E-state index in [9.17, 15) is 13.2 Å². The number of primary sulfonamides is 1. The Bertz CT molecular complexity index is 531. The summed E-state index contributed by atoms with van der Waals surface area (Å²) < 4.78 is 24.0. The molecule has 1 aromatic rings. The van der Waals surface area contributed by atoms with Gasteiger partial charge in [0, 0.05) is 19.2 Å². The molecule has 0 aliphatic carbocycles. The van der Waals surface area contributed by atoms with Gasteiger partial charge in [-0.25, -0.2) is 13.6 Å². The number of carbonyl (C=O) groups excluding carboxylic acids is 1. The molecule has 0 aliphatic rings. The van der Waals surface area contributed by atoms with E-state index in [1.165, 1.54) is 10.9 Å². The van der Waals surface area contributed by atoms with Gasteiger partial charge >= 0.3 is 0 Å². The third-order valence-corrected chi connectivity index (χ3v) is 3.61. The summed E-state index contributed by atoms with van der Waals surface area (Å²) in [5, 5.41) is 11.5. The summed E-state index contributed by atoms with van der Waals surface area (Å²) in [6, 6.07) is 0. The lowest BCUT2D eigenvalue weighted by Crippen LogP contribution is -2.23. The van der Waals surface area contributed by atoms with Crippen molar-refractivity contribution < 1.29 is 13.2 Å². The Balaban J connectivity index is 3.02. The molecule has 1 heterocycles. The van der Waals surface area contributed by atoms with E-state index in [1.807, 2.05) is 13.8 Å². The van der Waals surface area contributed by atoms with Crippen LogP contribution >= 0.6 is 0 Å². The van der Waals surface area contributed by atoms with Gasteiger partial charge in [0.05, 0.1) is 0 Å². The zero-order valence-corrected chi connectivity index (χ0v) is 11.5. The van der Waals surface area contributed by atoms with Crippen molar-refractivity contribution in [1.82, 2.24) is 9.78 Å². The van der Waals surface area contributed by atoms with E-state index in [0.29, 0.717) is 12.8 Å². The number of anilines is 1. The minimum absolute atomic E-state index is 0.0168. The number of aromatic nitrogens is 2. The van der Waals surface area contributed by atoms with Gasteiger partial charge in [0.1, 0.15) is 4.90 Å². The van der Waals surface area contributed by atoms with Gasteiger partial charge in [-0.15, -0.1) is 0 Å². The Labute approximate surface area is 106 Å². The smallest absolute Gasteiger partial charge is 0.243 e. The SMILES string of the molecule is CCC(CC)C(=O)Nc1nn(C)cc1S(N)(=O)=O. The highest BCUT2D eigenvalue weighted by Crippen LogP contribution is 2.19. The molecule has 0 saturated heterocycles. The molecule has 0 bridgehead atoms. The van der Waals surface area contributed by atoms with Crippen molar-refractivity contribution in [3.63, 3.8) is 0 Å². The maximum absolute atomic E-state index is 11.9. The van der Waals surface area contributed by atoms with E-state index in [2.05, 4.69) is 10.4 Å². The van der Waals surface area contributed by atoms with Crippen LogP contribution in [0.3, 0.4) is 0 Å². The van der Waals surface area contributed by atoms with Crippen LogP contribution < -0.4 is 10.5 Å². The van der Waals surface area contributed by atoms with Crippen molar-refractivity contribution in [2.45, 2.75) is 31.6 Å². The predicted octanol–water partition coefficient (Wildman–Crippen LogP) is 0.442. The minimum Gasteiger partial charge on any atom is -0.308 e. The van der Waals surface area contributed by atoms with Crippen LogP contribution in [0.2, 0.25) is 0 Å². The molecule has 1 rings (SSSR count). The zero-order chi connectivity index (χ0) is 13.9. The van der Waals surface area contributed by atoms with Crippen LogP contribution in [0.5, 0.6) is 0 Å². The van der Waals surface area contributed by atoms with E-state index in [1.54, 1.807) is 7.05 Å². The molecule has 7 nitrogen and oxygen atoms in total. The lowest BCUT2D eigenvalue weighted by Gasteiger charge is -2.11. The lowest BCUT2D eigenvalue weighted by atomic mass is 10.0. The number of amides is 1. The summed E-state index contributed by atoms with van der Waals surface area (Å²) in [5.74, 6) is -0.430. The molecule has 0 aromatic carbocycles. The Morgan fingerprint density at radius 3 is 2.50 bits per heavy atom. The first-order valence-corrected chi connectivity index (χ1v) is 7.21. The predicted molar refractivity (Wildman–Crippen MR) is 67.3 cm³/mol. The van der Waals surface area contributed by atoms with Crippen molar-refractivity contribution in [3.8, 4) is 0 Å². The van der Waals surface area contributed by atoms with E-state index in [-0.39, 0.29) is 22.5 Å². The number of rotatable bonds is 5. The molecule has 0 spiro atoms. The molecular formula is C10H18N4O3S. The lowest BCUT2D eigenvalue weighted by molar-refractivity contribution is -0.120. The summed E-state index contributed by atoms with van der Waals surface area (Å²) in [7, 11) is -2.34. The summed E-state index contributed by atoms with van der Waals surface area (Å²) in [4.78, 5) is 11.7. The van der Waals surface area contributed by atoms with Gasteiger partial charge in [0.2, 0.25) is 15.9 Å². The molecule has 102 valence electrons. The third kappa shape index (κ3) is 3.30. The fourth-order valence-electron chi connectivity index (χ4n) is 1.64. The van der Waals surface area contributed by atoms with Crippen LogP contribution in [-0.2, 0) is 21.9 Å². The van der Waals surface area contributed by atoms with Gasteiger partial charge in [-0.2, -0.15) is 5.10 Å². The number of nitrogens with one attached hydrogen (secondary N) is 1. The number of aryl methyl sites for hydroxylation is 1. The molecule has 0 atom stereocenters. The molecule has 1 amide bonds. The maximum Gasteiger partial charge on any atom is 0.243 e. The molecule has 0 saturated carbocycles. The normalized spacial score (nSPS) is 11.8. The Hall–Kier alpha value is -1.41. The van der Waals surface area contributed by atoms with Crippen LogP contribution in [0.15, 0.2) is 11.1 Å². The van der Waals surface area contributed by atoms with Crippen LogP contribution in [-0.4, -0.2) is 24.1 Å². The Morgan fingerprint density at radius 1 is 1.50 bits per heavy atom. The van der Waals surface area contributed by atoms with Gasteiger partial charge in [-0.3, -0.25) is 9.48 Å². The van der Waals surface area contributed by atoms with Crippen molar-refractivity contribution >= 4 is 21.7 Å². The monoisotopic (exact) mass is 274 g/mol. The summed E-state index contributed by atoms with van der Waals surface area (Å²) >= 11 is 0. The minimum atomic E-state index is -3.90. The Kier molecular flexibility index (Phi) is 4.47. The second kappa shape index (κ2) is 5.49. The van der Waals surface area contributed by atoms with Gasteiger partial charge in [0.15, 0.2) is 5.82 Å². The van der Waals surface area contributed by atoms with Gasteiger partial charge in [-0.05, 0) is 12.8 Å². The molecule has 18 heavy (non-hydrogen) atoms. The van der Waals surface area contributed by atoms with E-state index < -0.39 is 10.0 Å². The topological polar surface area (TPSA) is 107 Å². The number of hydrogen-bond acceptors (Lipinski definition) is 4. The van der Waals surface area contributed by atoms with Crippen LogP contribution in [0.25, 0.3) is 0 Å². The second-order valence-corrected chi connectivity index (χ2v) is 5.59. The molecule has 0 fully saturated rings. The number of sulfonamides is 1. The number of carbonyl (C=O) groups is 1. The molecule has 3 N–H and O–H groups in total. The molecular weight excluding hydrogens is 256 g/mol. The van der Waals surface area contributed by atoms with E-state index in [4.69, 9.17) is 5.14 Å². The largest absolute Gasteiger partial charge is 0.308 e. The third-order valence-electron chi connectivity index (χ3n) is 2.70. The van der Waals surface area contributed by atoms with Gasteiger partial charge < -0.3 is 5.32 Å².